The van der Waals surface area contributed by atoms with Crippen molar-refractivity contribution in [2.75, 3.05) is 31.6 Å². The number of nitrogens with one attached hydrogen (secondary N) is 1. The van der Waals surface area contributed by atoms with Gasteiger partial charge in [-0.2, -0.15) is 0 Å². The molecule has 0 spiro atoms. The molecule has 4 nitrogen and oxygen atoms in total. The highest BCUT2D eigenvalue weighted by molar-refractivity contribution is 5.76. The van der Waals surface area contributed by atoms with Crippen molar-refractivity contribution in [2.24, 2.45) is 0 Å². The highest BCUT2D eigenvalue weighted by Crippen LogP contribution is 2.23. The Balaban J connectivity index is 2.47. The zero-order valence-corrected chi connectivity index (χ0v) is 12.1. The molecule has 0 aliphatic carbocycles. The Kier molecular flexibility index (Phi) is 6.79. The number of rotatable bonds is 8. The third-order valence-electron chi connectivity index (χ3n) is 2.96. The van der Waals surface area contributed by atoms with Crippen molar-refractivity contribution in [2.45, 2.75) is 27.2 Å². The van der Waals surface area contributed by atoms with E-state index in [4.69, 9.17) is 4.74 Å². The standard InChI is InChI=1S/C15H24N2O2/c1-4-17(5-2)15(18)11-12-16-13-9-7-8-10-14(13)19-6-3/h7-10,16H,4-6,11-12H2,1-3H3. The molecule has 0 aromatic heterocycles. The number of para-hydroxylation sites is 2. The molecule has 0 aliphatic rings. The fraction of sp³-hybridized carbons (Fsp3) is 0.533. The Morgan fingerprint density at radius 3 is 2.53 bits per heavy atom. The molecule has 1 aromatic carbocycles. The normalized spacial score (nSPS) is 10.1. The SMILES string of the molecule is CCOc1ccccc1NCCC(=O)N(CC)CC. The molecule has 0 atom stereocenters. The number of hydrogen-bond acceptors (Lipinski definition) is 3. The van der Waals surface area contributed by atoms with Gasteiger partial charge in [-0.15, -0.1) is 0 Å². The lowest BCUT2D eigenvalue weighted by Gasteiger charge is -2.19. The number of carbonyl (C=O) groups excluding carboxylic acids is 1. The van der Waals surface area contributed by atoms with E-state index >= 15 is 0 Å². The van der Waals surface area contributed by atoms with Crippen LogP contribution in [0.5, 0.6) is 5.75 Å². The van der Waals surface area contributed by atoms with Crippen molar-refractivity contribution in [1.82, 2.24) is 4.90 Å². The lowest BCUT2D eigenvalue weighted by Crippen LogP contribution is -2.31. The average molecular weight is 264 g/mol. The van der Waals surface area contributed by atoms with Crippen molar-refractivity contribution in [3.63, 3.8) is 0 Å². The molecule has 0 bridgehead atoms. The molecular weight excluding hydrogens is 240 g/mol. The zero-order chi connectivity index (χ0) is 14.1. The van der Waals surface area contributed by atoms with Crippen molar-refractivity contribution >= 4 is 11.6 Å². The molecule has 0 fully saturated rings. The van der Waals surface area contributed by atoms with Gasteiger partial charge in [-0.05, 0) is 32.9 Å². The Labute approximate surface area is 115 Å². The van der Waals surface area contributed by atoms with E-state index in [1.54, 1.807) is 0 Å². The fourth-order valence-corrected chi connectivity index (χ4v) is 1.93. The summed E-state index contributed by atoms with van der Waals surface area (Å²) in [6.45, 7) is 8.76. The first-order chi connectivity index (χ1) is 9.22. The van der Waals surface area contributed by atoms with Gasteiger partial charge in [0.25, 0.3) is 0 Å². The smallest absolute Gasteiger partial charge is 0.224 e. The molecule has 0 saturated heterocycles. The first-order valence-electron chi connectivity index (χ1n) is 6.96. The van der Waals surface area contributed by atoms with E-state index in [0.29, 0.717) is 19.6 Å². The average Bonchev–Trinajstić information content (AvgIpc) is 2.42. The van der Waals surface area contributed by atoms with Crippen LogP contribution < -0.4 is 10.1 Å². The summed E-state index contributed by atoms with van der Waals surface area (Å²) in [5, 5.41) is 3.26. The number of benzene rings is 1. The molecule has 1 N–H and O–H groups in total. The van der Waals surface area contributed by atoms with Crippen LogP contribution in [0.3, 0.4) is 0 Å². The highest BCUT2D eigenvalue weighted by Gasteiger charge is 2.09. The maximum Gasteiger partial charge on any atom is 0.224 e. The van der Waals surface area contributed by atoms with Gasteiger partial charge < -0.3 is 15.0 Å². The van der Waals surface area contributed by atoms with Gasteiger partial charge in [0.1, 0.15) is 5.75 Å². The van der Waals surface area contributed by atoms with E-state index in [2.05, 4.69) is 5.32 Å². The summed E-state index contributed by atoms with van der Waals surface area (Å²) < 4.78 is 5.53. The summed E-state index contributed by atoms with van der Waals surface area (Å²) >= 11 is 0. The van der Waals surface area contributed by atoms with E-state index in [1.807, 2.05) is 49.9 Å². The van der Waals surface area contributed by atoms with Gasteiger partial charge in [0.2, 0.25) is 5.91 Å². The second-order valence-corrected chi connectivity index (χ2v) is 4.17. The molecule has 0 unspecified atom stereocenters. The van der Waals surface area contributed by atoms with Crippen molar-refractivity contribution in [3.05, 3.63) is 24.3 Å². The van der Waals surface area contributed by atoms with Crippen molar-refractivity contribution < 1.29 is 9.53 Å². The lowest BCUT2D eigenvalue weighted by atomic mass is 10.2. The Morgan fingerprint density at radius 2 is 1.89 bits per heavy atom. The molecule has 0 aliphatic heterocycles. The number of hydrogen-bond donors (Lipinski definition) is 1. The van der Waals surface area contributed by atoms with Gasteiger partial charge in [0.15, 0.2) is 0 Å². The number of nitrogens with zero attached hydrogens (tertiary/aromatic N) is 1. The summed E-state index contributed by atoms with van der Waals surface area (Å²) in [6, 6.07) is 7.79. The van der Waals surface area contributed by atoms with Gasteiger partial charge in [0.05, 0.1) is 12.3 Å². The number of ether oxygens (including phenoxy) is 1. The van der Waals surface area contributed by atoms with Crippen LogP contribution in [0.4, 0.5) is 5.69 Å². The predicted octanol–water partition coefficient (Wildman–Crippen LogP) is 2.76. The van der Waals surface area contributed by atoms with Crippen LogP contribution in [0.25, 0.3) is 0 Å². The molecule has 4 heteroatoms. The van der Waals surface area contributed by atoms with E-state index in [-0.39, 0.29) is 5.91 Å². The topological polar surface area (TPSA) is 41.6 Å². The fourth-order valence-electron chi connectivity index (χ4n) is 1.93. The number of amides is 1. The first-order valence-corrected chi connectivity index (χ1v) is 6.96. The van der Waals surface area contributed by atoms with Gasteiger partial charge in [-0.25, -0.2) is 0 Å². The minimum absolute atomic E-state index is 0.186. The summed E-state index contributed by atoms with van der Waals surface area (Å²) in [4.78, 5) is 13.7. The van der Waals surface area contributed by atoms with Crippen LogP contribution >= 0.6 is 0 Å². The first kappa shape index (κ1) is 15.3. The maximum absolute atomic E-state index is 11.9. The Morgan fingerprint density at radius 1 is 1.21 bits per heavy atom. The zero-order valence-electron chi connectivity index (χ0n) is 12.1. The minimum atomic E-state index is 0.186. The van der Waals surface area contributed by atoms with E-state index in [1.165, 1.54) is 0 Å². The van der Waals surface area contributed by atoms with Gasteiger partial charge >= 0.3 is 0 Å². The molecule has 0 heterocycles. The molecule has 19 heavy (non-hydrogen) atoms. The molecule has 1 rings (SSSR count). The third-order valence-corrected chi connectivity index (χ3v) is 2.96. The molecule has 0 saturated carbocycles. The van der Waals surface area contributed by atoms with Crippen LogP contribution in [-0.4, -0.2) is 37.0 Å². The number of anilines is 1. The summed E-state index contributed by atoms with van der Waals surface area (Å²) in [7, 11) is 0. The third kappa shape index (κ3) is 4.81. The summed E-state index contributed by atoms with van der Waals surface area (Å²) in [6.07, 6.45) is 0.502. The Hall–Kier alpha value is -1.71. The van der Waals surface area contributed by atoms with Gasteiger partial charge in [-0.3, -0.25) is 4.79 Å². The minimum Gasteiger partial charge on any atom is -0.492 e. The van der Waals surface area contributed by atoms with Gasteiger partial charge in [-0.1, -0.05) is 12.1 Å². The quantitative estimate of drug-likeness (QED) is 0.785. The summed E-state index contributed by atoms with van der Waals surface area (Å²) in [5.41, 5.74) is 0.941. The van der Waals surface area contributed by atoms with Crippen molar-refractivity contribution in [3.8, 4) is 5.75 Å². The van der Waals surface area contributed by atoms with Gasteiger partial charge in [0, 0.05) is 26.1 Å². The monoisotopic (exact) mass is 264 g/mol. The van der Waals surface area contributed by atoms with E-state index < -0.39 is 0 Å². The molecule has 0 radical (unpaired) electrons. The maximum atomic E-state index is 11.9. The van der Waals surface area contributed by atoms with E-state index in [9.17, 15) is 4.79 Å². The predicted molar refractivity (Wildman–Crippen MR) is 78.6 cm³/mol. The lowest BCUT2D eigenvalue weighted by molar-refractivity contribution is -0.130. The van der Waals surface area contributed by atoms with Crippen LogP contribution in [0, 0.1) is 0 Å². The highest BCUT2D eigenvalue weighted by atomic mass is 16.5. The van der Waals surface area contributed by atoms with E-state index in [0.717, 1.165) is 24.5 Å². The number of carbonyl (C=O) groups is 1. The van der Waals surface area contributed by atoms with Crippen LogP contribution in [0.15, 0.2) is 24.3 Å². The Bertz CT molecular complexity index is 389. The molecule has 1 aromatic rings. The van der Waals surface area contributed by atoms with Crippen LogP contribution in [0.2, 0.25) is 0 Å². The largest absolute Gasteiger partial charge is 0.492 e. The van der Waals surface area contributed by atoms with Crippen LogP contribution in [-0.2, 0) is 4.79 Å². The van der Waals surface area contributed by atoms with Crippen molar-refractivity contribution in [1.29, 1.82) is 0 Å². The summed E-state index contributed by atoms with van der Waals surface area (Å²) in [5.74, 6) is 1.02. The van der Waals surface area contributed by atoms with Crippen LogP contribution in [0.1, 0.15) is 27.2 Å². The second-order valence-electron chi connectivity index (χ2n) is 4.17. The molecule has 106 valence electrons. The second kappa shape index (κ2) is 8.40. The molecule has 1 amide bonds. The molecular formula is C15H24N2O2.